The number of aliphatic hydroxyl groups excluding tert-OH is 2. The molecule has 2 heterocycles. The average Bonchev–Trinajstić information content (AvgIpc) is 2.40. The number of nitrogens with zero attached hydrogens (tertiary/aromatic N) is 3. The van der Waals surface area contributed by atoms with Crippen molar-refractivity contribution in [3.63, 3.8) is 0 Å². The fourth-order valence-electron chi connectivity index (χ4n) is 1.15. The van der Waals surface area contributed by atoms with Crippen molar-refractivity contribution >= 4 is 11.6 Å². The highest BCUT2D eigenvalue weighted by atomic mass is 16.3. The van der Waals surface area contributed by atoms with E-state index in [4.69, 9.17) is 21.7 Å². The minimum absolute atomic E-state index is 0.169. The van der Waals surface area contributed by atoms with Crippen LogP contribution >= 0.6 is 0 Å². The van der Waals surface area contributed by atoms with Crippen LogP contribution in [0.3, 0.4) is 0 Å². The third-order valence-corrected chi connectivity index (χ3v) is 2.21. The van der Waals surface area contributed by atoms with E-state index in [0.29, 0.717) is 5.56 Å². The second-order valence-corrected chi connectivity index (χ2v) is 3.51. The first kappa shape index (κ1) is 15.3. The van der Waals surface area contributed by atoms with Gasteiger partial charge in [0.2, 0.25) is 0 Å². The number of hydrogen-bond acceptors (Lipinski definition) is 8. The van der Waals surface area contributed by atoms with Gasteiger partial charge >= 0.3 is 11.4 Å². The van der Waals surface area contributed by atoms with E-state index in [1.807, 2.05) is 0 Å². The van der Waals surface area contributed by atoms with Gasteiger partial charge in [-0.2, -0.15) is 0 Å². The molecule has 108 valence electrons. The summed E-state index contributed by atoms with van der Waals surface area (Å²) < 4.78 is 0.958. The van der Waals surface area contributed by atoms with Crippen molar-refractivity contribution in [2.24, 2.45) is 0 Å². The third-order valence-electron chi connectivity index (χ3n) is 2.21. The molecular formula is C10H14N6O4. The molecule has 0 aliphatic carbocycles. The average molecular weight is 282 g/mol. The maximum Gasteiger partial charge on any atom is 0.351 e. The Kier molecular flexibility index (Phi) is 5.38. The van der Waals surface area contributed by atoms with Gasteiger partial charge in [-0.25, -0.2) is 19.6 Å². The van der Waals surface area contributed by atoms with Gasteiger partial charge in [-0.05, 0) is 6.07 Å². The molecule has 7 N–H and O–H groups in total. The van der Waals surface area contributed by atoms with Crippen molar-refractivity contribution in [1.29, 1.82) is 0 Å². The van der Waals surface area contributed by atoms with E-state index in [2.05, 4.69) is 15.0 Å². The minimum Gasteiger partial charge on any atom is -0.391 e. The van der Waals surface area contributed by atoms with Crippen molar-refractivity contribution in [1.82, 2.24) is 19.5 Å². The number of nitrogens with one attached hydrogen (secondary N) is 1. The largest absolute Gasteiger partial charge is 0.391 e. The summed E-state index contributed by atoms with van der Waals surface area (Å²) in [6, 6.07) is 1.44. The third kappa shape index (κ3) is 3.90. The zero-order valence-corrected chi connectivity index (χ0v) is 10.4. The number of rotatable bonds is 2. The van der Waals surface area contributed by atoms with Crippen LogP contribution in [0.15, 0.2) is 28.0 Å². The number of nitrogen functional groups attached to an aromatic ring is 2. The van der Waals surface area contributed by atoms with Gasteiger partial charge in [0.25, 0.3) is 0 Å². The first-order chi connectivity index (χ1) is 9.49. The van der Waals surface area contributed by atoms with Gasteiger partial charge in [0, 0.05) is 18.0 Å². The van der Waals surface area contributed by atoms with E-state index in [1.165, 1.54) is 18.5 Å². The summed E-state index contributed by atoms with van der Waals surface area (Å²) in [6.07, 6.45) is 2.54. The maximum absolute atomic E-state index is 10.7. The summed E-state index contributed by atoms with van der Waals surface area (Å²) in [5.74, 6) is 0.380. The Bertz CT molecular complexity index is 680. The monoisotopic (exact) mass is 282 g/mol. The lowest BCUT2D eigenvalue weighted by Crippen LogP contribution is -2.24. The summed E-state index contributed by atoms with van der Waals surface area (Å²) in [5.41, 5.74) is 9.96. The van der Waals surface area contributed by atoms with Crippen LogP contribution in [0.5, 0.6) is 0 Å². The Hall–Kier alpha value is -2.72. The van der Waals surface area contributed by atoms with Gasteiger partial charge in [0.15, 0.2) is 0 Å². The predicted molar refractivity (Wildman–Crippen MR) is 70.3 cm³/mol. The summed E-state index contributed by atoms with van der Waals surface area (Å²) >= 11 is 0. The van der Waals surface area contributed by atoms with Crippen LogP contribution in [0.1, 0.15) is 5.56 Å². The van der Waals surface area contributed by atoms with E-state index >= 15 is 0 Å². The van der Waals surface area contributed by atoms with Crippen molar-refractivity contribution in [3.8, 4) is 0 Å². The first-order valence-corrected chi connectivity index (χ1v) is 5.36. The van der Waals surface area contributed by atoms with Gasteiger partial charge in [0.05, 0.1) is 6.61 Å². The molecule has 0 saturated heterocycles. The molecule has 0 amide bonds. The van der Waals surface area contributed by atoms with Crippen LogP contribution in [0.4, 0.5) is 11.6 Å². The fraction of sp³-hybridized carbons (Fsp3) is 0.200. The zero-order valence-electron chi connectivity index (χ0n) is 10.4. The highest BCUT2D eigenvalue weighted by Crippen LogP contribution is 2.00. The van der Waals surface area contributed by atoms with Crippen LogP contribution in [0, 0.1) is 0 Å². The molecule has 0 aliphatic rings. The molecule has 20 heavy (non-hydrogen) atoms. The summed E-state index contributed by atoms with van der Waals surface area (Å²) in [4.78, 5) is 30.1. The number of aromatic amines is 1. The van der Waals surface area contributed by atoms with Crippen molar-refractivity contribution < 1.29 is 10.2 Å². The van der Waals surface area contributed by atoms with E-state index in [9.17, 15) is 9.59 Å². The molecule has 0 spiro atoms. The first-order valence-electron chi connectivity index (χ1n) is 5.36. The number of hydrogen-bond donors (Lipinski definition) is 5. The fourth-order valence-corrected chi connectivity index (χ4v) is 1.15. The van der Waals surface area contributed by atoms with Gasteiger partial charge in [0.1, 0.15) is 18.4 Å². The molecule has 2 rings (SSSR count). The van der Waals surface area contributed by atoms with Crippen LogP contribution in [-0.4, -0.2) is 29.7 Å². The standard InChI is InChI=1S/2C5H7N3O2/c6-4-3(2-9)1-7-5(10)8-4;6-4-1-2-7-5(10)8(4)3-9/h1,9H,2H2,(H3,6,7,8,10);1-2,9H,3,6H2. The number of anilines is 2. The molecule has 2 aromatic rings. The van der Waals surface area contributed by atoms with E-state index in [0.717, 1.165) is 4.57 Å². The van der Waals surface area contributed by atoms with E-state index < -0.39 is 18.1 Å². The van der Waals surface area contributed by atoms with Crippen LogP contribution in [-0.2, 0) is 13.3 Å². The lowest BCUT2D eigenvalue weighted by atomic mass is 10.3. The zero-order chi connectivity index (χ0) is 15.1. The second kappa shape index (κ2) is 7.01. The van der Waals surface area contributed by atoms with E-state index in [-0.39, 0.29) is 18.2 Å². The lowest BCUT2D eigenvalue weighted by Gasteiger charge is -2.01. The van der Waals surface area contributed by atoms with E-state index in [1.54, 1.807) is 0 Å². The summed E-state index contributed by atoms with van der Waals surface area (Å²) in [5, 5.41) is 17.1. The van der Waals surface area contributed by atoms with Crippen molar-refractivity contribution in [2.75, 3.05) is 11.5 Å². The lowest BCUT2D eigenvalue weighted by molar-refractivity contribution is 0.206. The molecule has 0 unspecified atom stereocenters. The molecule has 10 heteroatoms. The second-order valence-electron chi connectivity index (χ2n) is 3.51. The number of aliphatic hydroxyl groups is 2. The summed E-state index contributed by atoms with van der Waals surface area (Å²) in [6.45, 7) is -0.645. The van der Waals surface area contributed by atoms with Crippen molar-refractivity contribution in [3.05, 3.63) is 45.0 Å². The highest BCUT2D eigenvalue weighted by Gasteiger charge is 1.97. The maximum atomic E-state index is 10.7. The molecule has 10 nitrogen and oxygen atoms in total. The van der Waals surface area contributed by atoms with Gasteiger partial charge in [-0.3, -0.25) is 9.55 Å². The van der Waals surface area contributed by atoms with Crippen LogP contribution < -0.4 is 22.8 Å². The van der Waals surface area contributed by atoms with Crippen LogP contribution in [0.25, 0.3) is 0 Å². The normalized spacial score (nSPS) is 9.70. The summed E-state index contributed by atoms with van der Waals surface area (Å²) in [7, 11) is 0. The Labute approximate surface area is 112 Å². The van der Waals surface area contributed by atoms with Gasteiger partial charge in [-0.1, -0.05) is 0 Å². The Balaban J connectivity index is 0.000000200. The van der Waals surface area contributed by atoms with Crippen molar-refractivity contribution in [2.45, 2.75) is 13.3 Å². The highest BCUT2D eigenvalue weighted by molar-refractivity contribution is 5.35. The minimum atomic E-state index is -0.539. The molecule has 0 bridgehead atoms. The van der Waals surface area contributed by atoms with Crippen LogP contribution in [0.2, 0.25) is 0 Å². The molecule has 0 radical (unpaired) electrons. The Morgan fingerprint density at radius 1 is 1.25 bits per heavy atom. The molecule has 0 aromatic carbocycles. The number of H-pyrrole nitrogens is 1. The van der Waals surface area contributed by atoms with Gasteiger partial charge in [-0.15, -0.1) is 0 Å². The molecule has 2 aromatic heterocycles. The quantitative estimate of drug-likeness (QED) is 0.406. The Morgan fingerprint density at radius 3 is 2.40 bits per heavy atom. The predicted octanol–water partition coefficient (Wildman–Crippen LogP) is -2.38. The molecule has 0 fully saturated rings. The molecular weight excluding hydrogens is 268 g/mol. The Morgan fingerprint density at radius 2 is 1.95 bits per heavy atom. The molecule has 0 atom stereocenters. The number of aromatic nitrogens is 4. The molecule has 0 saturated carbocycles. The molecule has 0 aliphatic heterocycles. The number of nitrogens with two attached hydrogens (primary N) is 2. The van der Waals surface area contributed by atoms with Gasteiger partial charge < -0.3 is 21.7 Å². The topological polar surface area (TPSA) is 173 Å². The SMILES string of the molecule is Nc1[nH]c(=O)ncc1CO.Nc1ccnc(=O)n1CO. The smallest absolute Gasteiger partial charge is 0.351 e.